The van der Waals surface area contributed by atoms with E-state index in [0.717, 1.165) is 22.9 Å². The molecule has 0 aliphatic rings. The molecule has 0 saturated heterocycles. The zero-order valence-electron chi connectivity index (χ0n) is 11.3. The number of hydrogen-bond acceptors (Lipinski definition) is 4. The van der Waals surface area contributed by atoms with Gasteiger partial charge in [0.1, 0.15) is 11.5 Å². The predicted octanol–water partition coefficient (Wildman–Crippen LogP) is 1.81. The maximum absolute atomic E-state index is 4.61. The van der Waals surface area contributed by atoms with Crippen LogP contribution in [0.1, 0.15) is 37.0 Å². The predicted molar refractivity (Wildman–Crippen MR) is 70.7 cm³/mol. The smallest absolute Gasteiger partial charge is 0.131 e. The van der Waals surface area contributed by atoms with Crippen LogP contribution in [0.3, 0.4) is 0 Å². The fourth-order valence-electron chi connectivity index (χ4n) is 1.74. The van der Waals surface area contributed by atoms with Gasteiger partial charge in [0.2, 0.25) is 0 Å². The van der Waals surface area contributed by atoms with Crippen LogP contribution in [0.4, 0.5) is 0 Å². The summed E-state index contributed by atoms with van der Waals surface area (Å²) >= 11 is 0. The van der Waals surface area contributed by atoms with Crippen LogP contribution in [0, 0.1) is 6.92 Å². The van der Waals surface area contributed by atoms with E-state index in [-0.39, 0.29) is 0 Å². The average Bonchev–Trinajstić information content (AvgIpc) is 2.76. The normalized spacial score (nSPS) is 11.2. The van der Waals surface area contributed by atoms with E-state index in [1.165, 1.54) is 0 Å². The molecule has 0 aliphatic heterocycles. The van der Waals surface area contributed by atoms with Crippen LogP contribution in [0.2, 0.25) is 0 Å². The van der Waals surface area contributed by atoms with Crippen molar-refractivity contribution in [2.75, 3.05) is 7.05 Å². The summed E-state index contributed by atoms with van der Waals surface area (Å²) in [5.41, 5.74) is 2.89. The molecule has 5 heteroatoms. The third-order valence-electron chi connectivity index (χ3n) is 2.69. The molecular weight excluding hydrogens is 226 g/mol. The highest BCUT2D eigenvalue weighted by molar-refractivity contribution is 5.34. The third-order valence-corrected chi connectivity index (χ3v) is 2.69. The molecule has 0 aromatic carbocycles. The lowest BCUT2D eigenvalue weighted by atomic mass is 10.2. The Hall–Kier alpha value is -1.75. The fraction of sp³-hybridized carbons (Fsp3) is 0.462. The summed E-state index contributed by atoms with van der Waals surface area (Å²) in [6, 6.07) is 1.97. The topological polar surface area (TPSA) is 55.6 Å². The van der Waals surface area contributed by atoms with Crippen molar-refractivity contribution in [3.05, 3.63) is 35.7 Å². The lowest BCUT2D eigenvalue weighted by Crippen LogP contribution is -2.14. The van der Waals surface area contributed by atoms with Crippen LogP contribution in [0.25, 0.3) is 5.69 Å². The molecule has 0 bridgehead atoms. The highest BCUT2D eigenvalue weighted by Gasteiger charge is 2.11. The molecule has 0 spiro atoms. The van der Waals surface area contributed by atoms with Gasteiger partial charge in [-0.2, -0.15) is 5.10 Å². The summed E-state index contributed by atoms with van der Waals surface area (Å²) in [5, 5.41) is 7.54. The molecule has 0 amide bonds. The molecule has 1 N–H and O–H groups in total. The Morgan fingerprint density at radius 2 is 2.17 bits per heavy atom. The van der Waals surface area contributed by atoms with Gasteiger partial charge in [-0.15, -0.1) is 0 Å². The molecule has 96 valence electrons. The zero-order chi connectivity index (χ0) is 13.1. The molecule has 0 saturated carbocycles. The lowest BCUT2D eigenvalue weighted by molar-refractivity contribution is 0.706. The van der Waals surface area contributed by atoms with Crippen molar-refractivity contribution in [1.82, 2.24) is 25.1 Å². The van der Waals surface area contributed by atoms with Crippen molar-refractivity contribution in [3.8, 4) is 5.69 Å². The van der Waals surface area contributed by atoms with E-state index >= 15 is 0 Å². The Bertz CT molecular complexity index is 530. The van der Waals surface area contributed by atoms with Crippen LogP contribution in [-0.4, -0.2) is 26.8 Å². The van der Waals surface area contributed by atoms with Crippen LogP contribution in [0.15, 0.2) is 18.5 Å². The first kappa shape index (κ1) is 12.7. The van der Waals surface area contributed by atoms with Crippen LogP contribution in [0.5, 0.6) is 0 Å². The minimum Gasteiger partial charge on any atom is -0.314 e. The SMILES string of the molecule is CNCc1nc(C(C)C)ncc1-n1ccc(C)n1. The van der Waals surface area contributed by atoms with Gasteiger partial charge >= 0.3 is 0 Å². The molecule has 0 aliphatic carbocycles. The maximum Gasteiger partial charge on any atom is 0.131 e. The van der Waals surface area contributed by atoms with Crippen molar-refractivity contribution in [2.45, 2.75) is 33.2 Å². The van der Waals surface area contributed by atoms with Crippen molar-refractivity contribution >= 4 is 0 Å². The van der Waals surface area contributed by atoms with E-state index < -0.39 is 0 Å². The second-order valence-corrected chi connectivity index (χ2v) is 4.65. The molecule has 18 heavy (non-hydrogen) atoms. The van der Waals surface area contributed by atoms with Crippen LogP contribution >= 0.6 is 0 Å². The van der Waals surface area contributed by atoms with Crippen molar-refractivity contribution in [1.29, 1.82) is 0 Å². The van der Waals surface area contributed by atoms with Gasteiger partial charge in [-0.3, -0.25) is 0 Å². The molecule has 0 radical (unpaired) electrons. The molecule has 2 aromatic heterocycles. The number of rotatable bonds is 4. The summed E-state index contributed by atoms with van der Waals surface area (Å²) < 4.78 is 1.83. The number of aromatic nitrogens is 4. The molecule has 5 nitrogen and oxygen atoms in total. The minimum absolute atomic E-state index is 0.328. The third kappa shape index (κ3) is 2.56. The number of nitrogens with one attached hydrogen (secondary N) is 1. The summed E-state index contributed by atoms with van der Waals surface area (Å²) in [6.45, 7) is 6.86. The van der Waals surface area contributed by atoms with Gasteiger partial charge in [0.15, 0.2) is 0 Å². The minimum atomic E-state index is 0.328. The monoisotopic (exact) mass is 245 g/mol. The zero-order valence-corrected chi connectivity index (χ0v) is 11.3. The quantitative estimate of drug-likeness (QED) is 0.892. The highest BCUT2D eigenvalue weighted by Crippen LogP contribution is 2.15. The second kappa shape index (κ2) is 5.27. The van der Waals surface area contributed by atoms with Gasteiger partial charge < -0.3 is 5.32 Å². The molecule has 2 aromatic rings. The van der Waals surface area contributed by atoms with E-state index in [9.17, 15) is 0 Å². The molecule has 0 atom stereocenters. The fourth-order valence-corrected chi connectivity index (χ4v) is 1.74. The Morgan fingerprint density at radius 3 is 2.72 bits per heavy atom. The van der Waals surface area contributed by atoms with Gasteiger partial charge in [-0.05, 0) is 20.0 Å². The van der Waals surface area contributed by atoms with Gasteiger partial charge in [-0.25, -0.2) is 14.6 Å². The standard InChI is InChI=1S/C13H19N5/c1-9(2)13-15-8-12(11(16-13)7-14-4)18-6-5-10(3)17-18/h5-6,8-9,14H,7H2,1-4H3. The van der Waals surface area contributed by atoms with Crippen molar-refractivity contribution in [2.24, 2.45) is 0 Å². The van der Waals surface area contributed by atoms with Crippen molar-refractivity contribution in [3.63, 3.8) is 0 Å². The molecule has 2 heterocycles. The number of hydrogen-bond donors (Lipinski definition) is 1. The lowest BCUT2D eigenvalue weighted by Gasteiger charge is -2.11. The van der Waals surface area contributed by atoms with Crippen LogP contribution < -0.4 is 5.32 Å². The Balaban J connectivity index is 2.46. The van der Waals surface area contributed by atoms with E-state index in [1.807, 2.05) is 37.1 Å². The average molecular weight is 245 g/mol. The number of aryl methyl sites for hydroxylation is 1. The first-order valence-electron chi connectivity index (χ1n) is 6.15. The Labute approximate surface area is 107 Å². The first-order chi connectivity index (χ1) is 8.61. The molecular formula is C13H19N5. The summed E-state index contributed by atoms with van der Waals surface area (Å²) in [5.74, 6) is 1.20. The van der Waals surface area contributed by atoms with E-state index in [2.05, 4.69) is 34.2 Å². The molecule has 2 rings (SSSR count). The second-order valence-electron chi connectivity index (χ2n) is 4.65. The van der Waals surface area contributed by atoms with E-state index in [0.29, 0.717) is 12.5 Å². The van der Waals surface area contributed by atoms with Crippen molar-refractivity contribution < 1.29 is 0 Å². The largest absolute Gasteiger partial charge is 0.314 e. The summed E-state index contributed by atoms with van der Waals surface area (Å²) in [4.78, 5) is 9.02. The highest BCUT2D eigenvalue weighted by atomic mass is 15.3. The number of nitrogens with zero attached hydrogens (tertiary/aromatic N) is 4. The van der Waals surface area contributed by atoms with Gasteiger partial charge in [-0.1, -0.05) is 13.8 Å². The van der Waals surface area contributed by atoms with Gasteiger partial charge in [0, 0.05) is 18.7 Å². The Kier molecular flexibility index (Phi) is 3.72. The van der Waals surface area contributed by atoms with Gasteiger partial charge in [0.25, 0.3) is 0 Å². The summed E-state index contributed by atoms with van der Waals surface area (Å²) in [7, 11) is 1.91. The Morgan fingerprint density at radius 1 is 1.39 bits per heavy atom. The first-order valence-corrected chi connectivity index (χ1v) is 6.15. The van der Waals surface area contributed by atoms with Crippen LogP contribution in [-0.2, 0) is 6.54 Å². The van der Waals surface area contributed by atoms with E-state index in [1.54, 1.807) is 0 Å². The molecule has 0 unspecified atom stereocenters. The van der Waals surface area contributed by atoms with Gasteiger partial charge in [0.05, 0.1) is 17.6 Å². The summed E-state index contributed by atoms with van der Waals surface area (Å²) in [6.07, 6.45) is 3.78. The maximum atomic E-state index is 4.61. The van der Waals surface area contributed by atoms with E-state index in [4.69, 9.17) is 0 Å². The molecule has 0 fully saturated rings.